The number of carbonyl (C=O) groups excluding carboxylic acids is 2. The fourth-order valence-electron chi connectivity index (χ4n) is 3.23. The van der Waals surface area contributed by atoms with Gasteiger partial charge in [0.1, 0.15) is 6.04 Å². The van der Waals surface area contributed by atoms with Crippen molar-refractivity contribution in [3.05, 3.63) is 28.2 Å². The van der Waals surface area contributed by atoms with E-state index in [1.54, 1.807) is 12.1 Å². The minimum atomic E-state index is -0.954. The molecule has 1 aromatic rings. The summed E-state index contributed by atoms with van der Waals surface area (Å²) in [4.78, 5) is 37.8. The van der Waals surface area contributed by atoms with E-state index in [0.717, 1.165) is 12.8 Å². The second kappa shape index (κ2) is 7.22. The summed E-state index contributed by atoms with van der Waals surface area (Å²) in [7, 11) is 0. The number of aliphatic carboxylic acids is 1. The summed E-state index contributed by atoms with van der Waals surface area (Å²) in [6, 6.07) is 4.15. The van der Waals surface area contributed by atoms with Crippen LogP contribution >= 0.6 is 23.2 Å². The first kappa shape index (κ1) is 18.0. The lowest BCUT2D eigenvalue weighted by molar-refractivity contribution is -0.145. The Morgan fingerprint density at radius 3 is 2.56 bits per heavy atom. The van der Waals surface area contributed by atoms with E-state index in [4.69, 9.17) is 28.3 Å². The summed E-state index contributed by atoms with van der Waals surface area (Å²) >= 11 is 11.9. The molecule has 1 saturated carbocycles. The summed E-state index contributed by atoms with van der Waals surface area (Å²) < 4.78 is 0. The second-order valence-corrected chi connectivity index (χ2v) is 7.29. The third-order valence-corrected chi connectivity index (χ3v) is 5.25. The molecular weight excluding hydrogens is 367 g/mol. The number of carboxylic acid groups (broad SMARTS) is 1. The van der Waals surface area contributed by atoms with Crippen molar-refractivity contribution in [1.29, 1.82) is 0 Å². The van der Waals surface area contributed by atoms with Crippen molar-refractivity contribution < 1.29 is 19.5 Å². The Bertz CT molecular complexity index is 725. The van der Waals surface area contributed by atoms with Gasteiger partial charge in [0.25, 0.3) is 0 Å². The van der Waals surface area contributed by atoms with Crippen LogP contribution in [0.25, 0.3) is 0 Å². The number of rotatable bonds is 4. The summed E-state index contributed by atoms with van der Waals surface area (Å²) in [6.45, 7) is 0.466. The van der Waals surface area contributed by atoms with Crippen LogP contribution in [0.2, 0.25) is 10.0 Å². The minimum Gasteiger partial charge on any atom is -0.481 e. The molecule has 6 nitrogen and oxygen atoms in total. The summed E-state index contributed by atoms with van der Waals surface area (Å²) in [5.41, 5.74) is 0.434. The van der Waals surface area contributed by atoms with E-state index < -0.39 is 23.8 Å². The minimum absolute atomic E-state index is 0.241. The number of nitrogens with zero attached hydrogens (tertiary/aromatic N) is 1. The van der Waals surface area contributed by atoms with Crippen molar-refractivity contribution in [2.24, 2.45) is 11.8 Å². The third kappa shape index (κ3) is 3.90. The number of hydrogen-bond acceptors (Lipinski definition) is 3. The first-order valence-corrected chi connectivity index (χ1v) is 8.93. The van der Waals surface area contributed by atoms with Crippen LogP contribution in [-0.2, 0) is 14.4 Å². The van der Waals surface area contributed by atoms with Gasteiger partial charge in [0.15, 0.2) is 0 Å². The highest BCUT2D eigenvalue weighted by atomic mass is 35.5. The van der Waals surface area contributed by atoms with Crippen LogP contribution in [0, 0.1) is 11.8 Å². The molecular formula is C17H18Cl2N2O4. The van der Waals surface area contributed by atoms with Gasteiger partial charge in [-0.3, -0.25) is 14.4 Å². The molecule has 1 aliphatic carbocycles. The van der Waals surface area contributed by atoms with E-state index in [1.807, 2.05) is 0 Å². The first-order valence-electron chi connectivity index (χ1n) is 8.17. The molecule has 134 valence electrons. The Hall–Kier alpha value is -1.79. The molecule has 2 aliphatic rings. The third-order valence-electron chi connectivity index (χ3n) is 4.70. The van der Waals surface area contributed by atoms with Crippen LogP contribution in [-0.4, -0.2) is 40.4 Å². The van der Waals surface area contributed by atoms with Gasteiger partial charge < -0.3 is 15.3 Å². The predicted molar refractivity (Wildman–Crippen MR) is 93.7 cm³/mol. The maximum absolute atomic E-state index is 12.7. The van der Waals surface area contributed by atoms with Gasteiger partial charge in [0.05, 0.1) is 22.5 Å². The zero-order valence-electron chi connectivity index (χ0n) is 13.4. The lowest BCUT2D eigenvalue weighted by Gasteiger charge is -2.35. The zero-order chi connectivity index (χ0) is 18.1. The number of likely N-dealkylation sites (tertiary alicyclic amines) is 1. The standard InChI is InChI=1S/C17H18Cl2N2O4/c18-9-4-5-13(12(19)7-9)20-15(22)14-3-1-2-6-21(14)16(23)10-8-11(10)17(24)25/h4-5,7,10-11,14H,1-3,6,8H2,(H,20,22)(H,24,25). The van der Waals surface area contributed by atoms with Gasteiger partial charge in [-0.2, -0.15) is 0 Å². The summed E-state index contributed by atoms with van der Waals surface area (Å²) in [5, 5.41) is 12.5. The van der Waals surface area contributed by atoms with Crippen LogP contribution in [0.1, 0.15) is 25.7 Å². The average molecular weight is 385 g/mol. The van der Waals surface area contributed by atoms with E-state index in [0.29, 0.717) is 35.1 Å². The van der Waals surface area contributed by atoms with Crippen LogP contribution < -0.4 is 5.32 Å². The number of amides is 2. The first-order chi connectivity index (χ1) is 11.9. The molecule has 1 aliphatic heterocycles. The number of carbonyl (C=O) groups is 3. The fourth-order valence-corrected chi connectivity index (χ4v) is 3.68. The fraction of sp³-hybridized carbons (Fsp3) is 0.471. The molecule has 2 amide bonds. The molecule has 3 rings (SSSR count). The normalized spacial score (nSPS) is 25.4. The molecule has 0 aromatic heterocycles. The van der Waals surface area contributed by atoms with E-state index >= 15 is 0 Å². The monoisotopic (exact) mass is 384 g/mol. The van der Waals surface area contributed by atoms with Crippen LogP contribution in [0.3, 0.4) is 0 Å². The highest BCUT2D eigenvalue weighted by Gasteiger charge is 2.51. The van der Waals surface area contributed by atoms with E-state index in [1.165, 1.54) is 11.0 Å². The van der Waals surface area contributed by atoms with Gasteiger partial charge in [-0.05, 0) is 43.9 Å². The highest BCUT2D eigenvalue weighted by molar-refractivity contribution is 6.36. The van der Waals surface area contributed by atoms with E-state index in [-0.39, 0.29) is 11.8 Å². The number of halogens is 2. The molecule has 2 N–H and O–H groups in total. The number of nitrogens with one attached hydrogen (secondary N) is 1. The van der Waals surface area contributed by atoms with Crippen molar-refractivity contribution in [2.75, 3.05) is 11.9 Å². The summed E-state index contributed by atoms with van der Waals surface area (Å²) in [5.74, 6) is -2.64. The van der Waals surface area contributed by atoms with Gasteiger partial charge in [-0.15, -0.1) is 0 Å². The topological polar surface area (TPSA) is 86.7 Å². The van der Waals surface area contributed by atoms with Gasteiger partial charge in [0, 0.05) is 11.6 Å². The van der Waals surface area contributed by atoms with E-state index in [2.05, 4.69) is 5.32 Å². The zero-order valence-corrected chi connectivity index (χ0v) is 14.9. The predicted octanol–water partition coefficient (Wildman–Crippen LogP) is 3.03. The second-order valence-electron chi connectivity index (χ2n) is 6.44. The summed E-state index contributed by atoms with van der Waals surface area (Å²) in [6.07, 6.45) is 2.54. The molecule has 0 bridgehead atoms. The van der Waals surface area contributed by atoms with Crippen molar-refractivity contribution in [1.82, 2.24) is 4.90 Å². The van der Waals surface area contributed by atoms with Gasteiger partial charge in [0.2, 0.25) is 11.8 Å². The molecule has 0 spiro atoms. The Labute approximate surface area is 155 Å². The largest absolute Gasteiger partial charge is 0.481 e. The Balaban J connectivity index is 1.71. The number of carboxylic acids is 1. The van der Waals surface area contributed by atoms with Gasteiger partial charge >= 0.3 is 5.97 Å². The molecule has 1 aromatic carbocycles. The van der Waals surface area contributed by atoms with Crippen LogP contribution in [0.15, 0.2) is 18.2 Å². The number of anilines is 1. The molecule has 8 heteroatoms. The Morgan fingerprint density at radius 2 is 1.92 bits per heavy atom. The van der Waals surface area contributed by atoms with E-state index in [9.17, 15) is 14.4 Å². The highest BCUT2D eigenvalue weighted by Crippen LogP contribution is 2.41. The number of piperidine rings is 1. The number of benzene rings is 1. The SMILES string of the molecule is O=C(O)C1CC1C(=O)N1CCCCC1C(=O)Nc1ccc(Cl)cc1Cl. The molecule has 1 heterocycles. The van der Waals surface area contributed by atoms with Crippen LogP contribution in [0.4, 0.5) is 5.69 Å². The molecule has 0 radical (unpaired) electrons. The lowest BCUT2D eigenvalue weighted by Crippen LogP contribution is -2.50. The Kier molecular flexibility index (Phi) is 5.20. The molecule has 25 heavy (non-hydrogen) atoms. The maximum Gasteiger partial charge on any atom is 0.307 e. The molecule has 3 unspecified atom stereocenters. The van der Waals surface area contributed by atoms with Crippen molar-refractivity contribution in [2.45, 2.75) is 31.7 Å². The smallest absolute Gasteiger partial charge is 0.307 e. The van der Waals surface area contributed by atoms with Gasteiger partial charge in [-0.1, -0.05) is 23.2 Å². The molecule has 1 saturated heterocycles. The molecule has 3 atom stereocenters. The average Bonchev–Trinajstić information content (AvgIpc) is 3.37. The maximum atomic E-state index is 12.7. The number of hydrogen-bond donors (Lipinski definition) is 2. The van der Waals surface area contributed by atoms with Crippen molar-refractivity contribution in [3.63, 3.8) is 0 Å². The molecule has 2 fully saturated rings. The van der Waals surface area contributed by atoms with Gasteiger partial charge in [-0.25, -0.2) is 0 Å². The quantitative estimate of drug-likeness (QED) is 0.834. The van der Waals surface area contributed by atoms with Crippen molar-refractivity contribution in [3.8, 4) is 0 Å². The van der Waals surface area contributed by atoms with Crippen molar-refractivity contribution >= 4 is 46.7 Å². The van der Waals surface area contributed by atoms with Crippen LogP contribution in [0.5, 0.6) is 0 Å². The Morgan fingerprint density at radius 1 is 1.16 bits per heavy atom. The lowest BCUT2D eigenvalue weighted by atomic mass is 10.00.